The molecule has 5 rings (SSSR count). The van der Waals surface area contributed by atoms with E-state index in [1.807, 2.05) is 36.4 Å². The third-order valence-electron chi connectivity index (χ3n) is 7.44. The first kappa shape index (κ1) is 23.4. The first-order valence-corrected chi connectivity index (χ1v) is 12.3. The zero-order valence-corrected chi connectivity index (χ0v) is 20.5. The quantitative estimate of drug-likeness (QED) is 0.377. The van der Waals surface area contributed by atoms with Gasteiger partial charge in [-0.15, -0.1) is 6.42 Å². The predicted octanol–water partition coefficient (Wildman–Crippen LogP) is 4.21. The minimum atomic E-state index is 0.435. The second-order valence-electron chi connectivity index (χ2n) is 9.69. The van der Waals surface area contributed by atoms with Crippen molar-refractivity contribution in [1.82, 2.24) is 20.2 Å². The summed E-state index contributed by atoms with van der Waals surface area (Å²) in [5.41, 5.74) is 2.89. The van der Waals surface area contributed by atoms with Crippen LogP contribution in [-0.4, -0.2) is 61.3 Å². The van der Waals surface area contributed by atoms with Crippen LogP contribution in [0.2, 0.25) is 0 Å². The van der Waals surface area contributed by atoms with Crippen molar-refractivity contribution in [2.45, 2.75) is 31.7 Å². The lowest BCUT2D eigenvalue weighted by Gasteiger charge is -2.30. The summed E-state index contributed by atoms with van der Waals surface area (Å²) in [4.78, 5) is 11.4. The zero-order valence-electron chi connectivity index (χ0n) is 20.5. The molecule has 2 saturated heterocycles. The van der Waals surface area contributed by atoms with Crippen LogP contribution in [0.5, 0.6) is 11.5 Å². The Morgan fingerprint density at radius 3 is 2.94 bits per heavy atom. The van der Waals surface area contributed by atoms with Gasteiger partial charge in [-0.05, 0) is 70.1 Å². The van der Waals surface area contributed by atoms with Crippen LogP contribution in [0.15, 0.2) is 42.7 Å². The molecule has 2 aliphatic heterocycles. The Bertz CT molecular complexity index is 1240. The topological polar surface area (TPSA) is 71.5 Å². The van der Waals surface area contributed by atoms with Crippen molar-refractivity contribution in [2.24, 2.45) is 5.41 Å². The number of hydrogen-bond acceptors (Lipinski definition) is 7. The van der Waals surface area contributed by atoms with Gasteiger partial charge in [-0.1, -0.05) is 12.0 Å². The van der Waals surface area contributed by atoms with Crippen molar-refractivity contribution >= 4 is 22.4 Å². The molecule has 7 heteroatoms. The Labute approximate surface area is 207 Å². The molecule has 182 valence electrons. The fourth-order valence-corrected chi connectivity index (χ4v) is 5.62. The molecule has 2 fully saturated rings. The van der Waals surface area contributed by atoms with Crippen molar-refractivity contribution in [3.8, 4) is 23.8 Å². The summed E-state index contributed by atoms with van der Waals surface area (Å²) in [5.74, 6) is 4.73. The molecular formula is C28H33N5O2. The molecular weight excluding hydrogens is 438 g/mol. The number of benzene rings is 2. The number of nitrogens with zero attached hydrogens (tertiary/aromatic N) is 3. The highest BCUT2D eigenvalue weighted by Crippen LogP contribution is 2.42. The number of likely N-dealkylation sites (tertiary alicyclic amines) is 1. The van der Waals surface area contributed by atoms with Gasteiger partial charge in [0.25, 0.3) is 0 Å². The van der Waals surface area contributed by atoms with Gasteiger partial charge in [0.2, 0.25) is 0 Å². The summed E-state index contributed by atoms with van der Waals surface area (Å²) in [6.07, 6.45) is 11.8. The second-order valence-corrected chi connectivity index (χ2v) is 9.69. The number of terminal acetylenes is 1. The second kappa shape index (κ2) is 10.1. The molecule has 0 radical (unpaired) electrons. The van der Waals surface area contributed by atoms with Crippen LogP contribution in [0.4, 0.5) is 11.5 Å². The first-order valence-electron chi connectivity index (χ1n) is 12.3. The Morgan fingerprint density at radius 1 is 1.23 bits per heavy atom. The Balaban J connectivity index is 1.29. The molecule has 3 aromatic rings. The Kier molecular flexibility index (Phi) is 6.76. The summed E-state index contributed by atoms with van der Waals surface area (Å²) in [6.45, 7) is 4.16. The fourth-order valence-electron chi connectivity index (χ4n) is 5.62. The van der Waals surface area contributed by atoms with Gasteiger partial charge < -0.3 is 25.0 Å². The molecule has 3 heterocycles. The van der Waals surface area contributed by atoms with Gasteiger partial charge in [0.05, 0.1) is 19.2 Å². The van der Waals surface area contributed by atoms with E-state index in [1.54, 1.807) is 13.4 Å². The van der Waals surface area contributed by atoms with E-state index in [1.165, 1.54) is 25.9 Å². The molecule has 2 unspecified atom stereocenters. The summed E-state index contributed by atoms with van der Waals surface area (Å²) in [7, 11) is 3.89. The summed E-state index contributed by atoms with van der Waals surface area (Å²) in [5, 5.41) is 7.98. The highest BCUT2D eigenvalue weighted by atomic mass is 16.5. The highest BCUT2D eigenvalue weighted by Gasteiger charge is 2.45. The minimum absolute atomic E-state index is 0.435. The number of ether oxygens (including phenoxy) is 2. The van der Waals surface area contributed by atoms with Crippen LogP contribution in [0.25, 0.3) is 10.9 Å². The lowest BCUT2D eigenvalue weighted by Crippen LogP contribution is -2.38. The van der Waals surface area contributed by atoms with Gasteiger partial charge in [0, 0.05) is 40.7 Å². The van der Waals surface area contributed by atoms with Crippen molar-refractivity contribution in [3.05, 3.63) is 48.3 Å². The number of hydrogen-bond donors (Lipinski definition) is 2. The fraction of sp³-hybridized carbons (Fsp3) is 0.429. The lowest BCUT2D eigenvalue weighted by molar-refractivity contribution is 0.219. The lowest BCUT2D eigenvalue weighted by atomic mass is 9.78. The molecule has 35 heavy (non-hydrogen) atoms. The van der Waals surface area contributed by atoms with Crippen molar-refractivity contribution in [2.75, 3.05) is 45.7 Å². The molecule has 0 aliphatic carbocycles. The standard InChI is InChI=1S/C28H33N5O2/c1-4-20-7-5-8-21(15-20)32-27-22-16-25(24(34-3)17-23(22)30-19-31-27)35-14-6-9-26-28(10-12-29-26)11-13-33(2)18-28/h1,5,7-8,15-17,19,26,29H,6,9-14,18H2,2-3H3,(H,30,31,32). The van der Waals surface area contributed by atoms with E-state index in [9.17, 15) is 0 Å². The maximum Gasteiger partial charge on any atom is 0.162 e. The predicted molar refractivity (Wildman–Crippen MR) is 139 cm³/mol. The maximum atomic E-state index is 6.24. The summed E-state index contributed by atoms with van der Waals surface area (Å²) < 4.78 is 11.9. The van der Waals surface area contributed by atoms with E-state index in [0.29, 0.717) is 35.4 Å². The molecule has 7 nitrogen and oxygen atoms in total. The van der Waals surface area contributed by atoms with E-state index in [2.05, 4.69) is 38.5 Å². The van der Waals surface area contributed by atoms with Crippen LogP contribution in [0.1, 0.15) is 31.2 Å². The maximum absolute atomic E-state index is 6.24. The zero-order chi connectivity index (χ0) is 24.3. The van der Waals surface area contributed by atoms with Gasteiger partial charge in [-0.25, -0.2) is 9.97 Å². The molecule has 2 aromatic carbocycles. The van der Waals surface area contributed by atoms with Crippen molar-refractivity contribution in [1.29, 1.82) is 0 Å². The van der Waals surface area contributed by atoms with Gasteiger partial charge in [-0.2, -0.15) is 0 Å². The largest absolute Gasteiger partial charge is 0.493 e. The molecule has 2 aliphatic rings. The molecule has 2 N–H and O–H groups in total. The van der Waals surface area contributed by atoms with Crippen LogP contribution in [0.3, 0.4) is 0 Å². The van der Waals surface area contributed by atoms with Crippen LogP contribution in [-0.2, 0) is 0 Å². The number of fused-ring (bicyclic) bond motifs is 1. The molecule has 0 bridgehead atoms. The molecule has 0 saturated carbocycles. The third kappa shape index (κ3) is 4.90. The molecule has 0 amide bonds. The molecule has 1 spiro atoms. The van der Waals surface area contributed by atoms with E-state index < -0.39 is 0 Å². The first-order chi connectivity index (χ1) is 17.1. The van der Waals surface area contributed by atoms with E-state index in [4.69, 9.17) is 15.9 Å². The highest BCUT2D eigenvalue weighted by molar-refractivity contribution is 5.93. The van der Waals surface area contributed by atoms with Crippen LogP contribution >= 0.6 is 0 Å². The smallest absolute Gasteiger partial charge is 0.162 e. The van der Waals surface area contributed by atoms with Crippen LogP contribution < -0.4 is 20.1 Å². The van der Waals surface area contributed by atoms with Gasteiger partial charge in [0.1, 0.15) is 12.1 Å². The molecule has 1 aromatic heterocycles. The summed E-state index contributed by atoms with van der Waals surface area (Å²) in [6, 6.07) is 12.1. The van der Waals surface area contributed by atoms with Crippen molar-refractivity contribution < 1.29 is 9.47 Å². The van der Waals surface area contributed by atoms with Gasteiger partial charge >= 0.3 is 0 Å². The minimum Gasteiger partial charge on any atom is -0.493 e. The van der Waals surface area contributed by atoms with E-state index in [-0.39, 0.29) is 0 Å². The number of rotatable bonds is 8. The van der Waals surface area contributed by atoms with Gasteiger partial charge in [-0.3, -0.25) is 0 Å². The molecule has 2 atom stereocenters. The number of anilines is 2. The van der Waals surface area contributed by atoms with Crippen molar-refractivity contribution in [3.63, 3.8) is 0 Å². The number of methoxy groups -OCH3 is 1. The average Bonchev–Trinajstić information content (AvgIpc) is 3.46. The monoisotopic (exact) mass is 471 g/mol. The average molecular weight is 472 g/mol. The SMILES string of the molecule is C#Cc1cccc(Nc2ncnc3cc(OC)c(OCCCC4NCCC45CCN(C)C5)cc23)c1. The van der Waals surface area contributed by atoms with Crippen LogP contribution in [0, 0.1) is 17.8 Å². The number of aromatic nitrogens is 2. The Hall–Kier alpha value is -3.34. The third-order valence-corrected chi connectivity index (χ3v) is 7.44. The number of nitrogens with one attached hydrogen (secondary N) is 2. The Morgan fingerprint density at radius 2 is 2.14 bits per heavy atom. The van der Waals surface area contributed by atoms with Gasteiger partial charge in [0.15, 0.2) is 11.5 Å². The van der Waals surface area contributed by atoms with E-state index >= 15 is 0 Å². The summed E-state index contributed by atoms with van der Waals surface area (Å²) >= 11 is 0. The normalized spacial score (nSPS) is 21.9. The van der Waals surface area contributed by atoms with E-state index in [0.717, 1.165) is 41.5 Å².